The van der Waals surface area contributed by atoms with Gasteiger partial charge < -0.3 is 0 Å². The highest BCUT2D eigenvalue weighted by atomic mass is 32.3. The molecule has 7 heteroatoms. The summed E-state index contributed by atoms with van der Waals surface area (Å²) < 4.78 is 46.0. The third-order valence-electron chi connectivity index (χ3n) is 3.01. The molecular formula is C12H24O5S2. The van der Waals surface area contributed by atoms with Crippen molar-refractivity contribution in [2.24, 2.45) is 5.92 Å². The molecule has 0 fully saturated rings. The molecule has 0 heterocycles. The molecule has 0 aliphatic heterocycles. The summed E-state index contributed by atoms with van der Waals surface area (Å²) in [5, 5.41) is -0.851. The molecule has 0 amide bonds. The SMILES string of the molecule is CCCCCCC=CC(C)C(C)S(=O)(=O)OS(=O)O. The topological polar surface area (TPSA) is 80.7 Å². The predicted molar refractivity (Wildman–Crippen MR) is 77.3 cm³/mol. The van der Waals surface area contributed by atoms with Gasteiger partial charge in [-0.05, 0) is 25.7 Å². The van der Waals surface area contributed by atoms with Gasteiger partial charge in [-0.1, -0.05) is 45.3 Å². The maximum absolute atomic E-state index is 11.5. The smallest absolute Gasteiger partial charge is 0.283 e. The Morgan fingerprint density at radius 3 is 2.42 bits per heavy atom. The predicted octanol–water partition coefficient (Wildman–Crippen LogP) is 3.02. The van der Waals surface area contributed by atoms with Crippen LogP contribution in [0.5, 0.6) is 0 Å². The van der Waals surface area contributed by atoms with Gasteiger partial charge >= 0.3 is 11.4 Å². The lowest BCUT2D eigenvalue weighted by atomic mass is 10.1. The van der Waals surface area contributed by atoms with E-state index in [1.807, 2.05) is 12.2 Å². The fraction of sp³-hybridized carbons (Fsp3) is 0.833. The van der Waals surface area contributed by atoms with Gasteiger partial charge in [-0.3, -0.25) is 4.55 Å². The van der Waals surface area contributed by atoms with E-state index in [-0.39, 0.29) is 5.92 Å². The van der Waals surface area contributed by atoms with E-state index in [9.17, 15) is 12.6 Å². The summed E-state index contributed by atoms with van der Waals surface area (Å²) >= 11 is -2.80. The number of hydrogen-bond donors (Lipinski definition) is 1. The van der Waals surface area contributed by atoms with E-state index in [2.05, 4.69) is 10.6 Å². The number of allylic oxidation sites excluding steroid dienone is 2. The van der Waals surface area contributed by atoms with Crippen LogP contribution in [0.25, 0.3) is 0 Å². The van der Waals surface area contributed by atoms with Gasteiger partial charge in [-0.15, -0.1) is 3.63 Å². The van der Waals surface area contributed by atoms with E-state index in [4.69, 9.17) is 4.55 Å². The van der Waals surface area contributed by atoms with Gasteiger partial charge in [-0.25, -0.2) is 0 Å². The van der Waals surface area contributed by atoms with Crippen molar-refractivity contribution < 1.29 is 20.8 Å². The van der Waals surface area contributed by atoms with Gasteiger partial charge in [-0.2, -0.15) is 12.6 Å². The quantitative estimate of drug-likeness (QED) is 0.381. The van der Waals surface area contributed by atoms with E-state index in [0.29, 0.717) is 0 Å². The number of rotatable bonds is 10. The van der Waals surface area contributed by atoms with Gasteiger partial charge in [0, 0.05) is 0 Å². The summed E-state index contributed by atoms with van der Waals surface area (Å²) in [6.07, 6.45) is 9.37. The van der Waals surface area contributed by atoms with Gasteiger partial charge in [0.15, 0.2) is 0 Å². The maximum Gasteiger partial charge on any atom is 0.317 e. The monoisotopic (exact) mass is 312 g/mol. The van der Waals surface area contributed by atoms with Crippen molar-refractivity contribution in [1.82, 2.24) is 0 Å². The lowest BCUT2D eigenvalue weighted by Gasteiger charge is -2.15. The van der Waals surface area contributed by atoms with Crippen LogP contribution >= 0.6 is 0 Å². The largest absolute Gasteiger partial charge is 0.317 e. The standard InChI is InChI=1S/C12H24O5S2/c1-4-5-6-7-8-9-10-11(2)12(3)19(15,16)17-18(13)14/h9-12H,4-8H2,1-3H3,(H,13,14). The normalized spacial score (nSPS) is 17.5. The second-order valence-corrected chi connectivity index (χ2v) is 7.33. The second kappa shape index (κ2) is 9.63. The fourth-order valence-corrected chi connectivity index (χ4v) is 3.32. The fourth-order valence-electron chi connectivity index (χ4n) is 1.56. The zero-order chi connectivity index (χ0) is 14.9. The maximum atomic E-state index is 11.5. The van der Waals surface area contributed by atoms with Crippen LogP contribution < -0.4 is 0 Å². The Balaban J connectivity index is 4.22. The van der Waals surface area contributed by atoms with E-state index < -0.39 is 26.7 Å². The minimum atomic E-state index is -4.01. The van der Waals surface area contributed by atoms with Crippen LogP contribution in [-0.4, -0.2) is 22.4 Å². The highest BCUT2D eigenvalue weighted by Crippen LogP contribution is 2.17. The first kappa shape index (κ1) is 18.8. The minimum absolute atomic E-state index is 0.264. The molecule has 0 saturated carbocycles. The lowest BCUT2D eigenvalue weighted by molar-refractivity contribution is 0.429. The van der Waals surface area contributed by atoms with Gasteiger partial charge in [0.2, 0.25) is 0 Å². The van der Waals surface area contributed by atoms with E-state index in [0.717, 1.165) is 12.8 Å². The van der Waals surface area contributed by atoms with Crippen LogP contribution in [0.3, 0.4) is 0 Å². The van der Waals surface area contributed by atoms with Crippen molar-refractivity contribution in [3.05, 3.63) is 12.2 Å². The average Bonchev–Trinajstić information content (AvgIpc) is 2.30. The van der Waals surface area contributed by atoms with E-state index in [1.165, 1.54) is 26.2 Å². The Morgan fingerprint density at radius 2 is 1.89 bits per heavy atom. The van der Waals surface area contributed by atoms with Crippen LogP contribution in [0.1, 0.15) is 52.9 Å². The molecule has 3 unspecified atom stereocenters. The third kappa shape index (κ3) is 8.52. The van der Waals surface area contributed by atoms with Crippen molar-refractivity contribution in [2.75, 3.05) is 0 Å². The Morgan fingerprint density at radius 1 is 1.26 bits per heavy atom. The Bertz CT molecular complexity index is 389. The zero-order valence-electron chi connectivity index (χ0n) is 11.7. The molecule has 3 atom stereocenters. The first-order valence-corrected chi connectivity index (χ1v) is 9.02. The van der Waals surface area contributed by atoms with Crippen molar-refractivity contribution in [2.45, 2.75) is 58.1 Å². The van der Waals surface area contributed by atoms with Gasteiger partial charge in [0.25, 0.3) is 10.1 Å². The molecule has 0 spiro atoms. The lowest BCUT2D eigenvalue weighted by Crippen LogP contribution is -2.26. The zero-order valence-corrected chi connectivity index (χ0v) is 13.4. The van der Waals surface area contributed by atoms with Crippen molar-refractivity contribution in [3.8, 4) is 0 Å². The summed E-state index contributed by atoms with van der Waals surface area (Å²) in [7, 11) is -4.01. The highest BCUT2D eigenvalue weighted by molar-refractivity contribution is 7.95. The first-order chi connectivity index (χ1) is 8.81. The molecule has 0 aliphatic carbocycles. The molecule has 114 valence electrons. The first-order valence-electron chi connectivity index (χ1n) is 6.52. The summed E-state index contributed by atoms with van der Waals surface area (Å²) in [5.74, 6) is -0.264. The van der Waals surface area contributed by atoms with Crippen molar-refractivity contribution >= 4 is 21.5 Å². The van der Waals surface area contributed by atoms with Crippen molar-refractivity contribution in [3.63, 3.8) is 0 Å². The molecule has 0 aromatic rings. The van der Waals surface area contributed by atoms with E-state index >= 15 is 0 Å². The van der Waals surface area contributed by atoms with Crippen molar-refractivity contribution in [1.29, 1.82) is 0 Å². The number of unbranched alkanes of at least 4 members (excludes halogenated alkanes) is 4. The Kier molecular flexibility index (Phi) is 9.51. The second-order valence-electron chi connectivity index (χ2n) is 4.62. The van der Waals surface area contributed by atoms with Gasteiger partial charge in [0.1, 0.15) is 0 Å². The van der Waals surface area contributed by atoms with Crippen LogP contribution in [0.2, 0.25) is 0 Å². The Labute approximate surface area is 119 Å². The summed E-state index contributed by atoms with van der Waals surface area (Å²) in [5.41, 5.74) is 0. The minimum Gasteiger partial charge on any atom is -0.283 e. The van der Waals surface area contributed by atoms with Crippen LogP contribution in [0.15, 0.2) is 12.2 Å². The highest BCUT2D eigenvalue weighted by Gasteiger charge is 2.28. The molecule has 1 N–H and O–H groups in total. The molecular weight excluding hydrogens is 288 g/mol. The summed E-state index contributed by atoms with van der Waals surface area (Å²) in [4.78, 5) is 0. The van der Waals surface area contributed by atoms with E-state index in [1.54, 1.807) is 6.92 Å². The molecule has 0 aromatic heterocycles. The molecule has 0 aromatic carbocycles. The summed E-state index contributed by atoms with van der Waals surface area (Å²) in [6, 6.07) is 0. The average molecular weight is 312 g/mol. The van der Waals surface area contributed by atoms with Crippen LogP contribution in [0.4, 0.5) is 0 Å². The molecule has 0 aliphatic rings. The molecule has 0 rings (SSSR count). The molecule has 19 heavy (non-hydrogen) atoms. The van der Waals surface area contributed by atoms with Crippen LogP contribution in [0, 0.1) is 5.92 Å². The Hall–Kier alpha value is -0.240. The molecule has 0 bridgehead atoms. The molecule has 0 saturated heterocycles. The third-order valence-corrected chi connectivity index (χ3v) is 5.58. The van der Waals surface area contributed by atoms with Crippen LogP contribution in [-0.2, 0) is 25.1 Å². The summed E-state index contributed by atoms with van der Waals surface area (Å²) in [6.45, 7) is 5.36. The molecule has 0 radical (unpaired) electrons. The number of hydrogen-bond acceptors (Lipinski definition) is 4. The van der Waals surface area contributed by atoms with Gasteiger partial charge in [0.05, 0.1) is 5.25 Å². The molecule has 5 nitrogen and oxygen atoms in total.